The van der Waals surface area contributed by atoms with E-state index >= 15 is 0 Å². The molecular weight excluding hydrogens is 314 g/mol. The standard InChI is InChI=1S/C15H13Cl2FN2O/c1-9-5-6-12(18)13(7-9)19-8-14(21)20-15-10(16)3-2-4-11(15)17/h2-7,19H,8H2,1H3,(H,20,21). The van der Waals surface area contributed by atoms with Crippen molar-refractivity contribution < 1.29 is 9.18 Å². The topological polar surface area (TPSA) is 41.1 Å². The second kappa shape index (κ2) is 6.78. The fourth-order valence-corrected chi connectivity index (χ4v) is 2.24. The average molecular weight is 327 g/mol. The molecule has 2 rings (SSSR count). The van der Waals surface area contributed by atoms with Gasteiger partial charge in [0.1, 0.15) is 5.82 Å². The zero-order chi connectivity index (χ0) is 15.4. The summed E-state index contributed by atoms with van der Waals surface area (Å²) in [4.78, 5) is 11.9. The molecule has 0 aliphatic rings. The van der Waals surface area contributed by atoms with Gasteiger partial charge in [0.25, 0.3) is 0 Å². The fraction of sp³-hybridized carbons (Fsp3) is 0.133. The van der Waals surface area contributed by atoms with Gasteiger partial charge in [-0.15, -0.1) is 0 Å². The Hall–Kier alpha value is -1.78. The number of carbonyl (C=O) groups excluding carboxylic acids is 1. The van der Waals surface area contributed by atoms with Crippen LogP contribution in [0.3, 0.4) is 0 Å². The number of rotatable bonds is 4. The lowest BCUT2D eigenvalue weighted by atomic mass is 10.2. The number of nitrogens with one attached hydrogen (secondary N) is 2. The molecule has 0 spiro atoms. The van der Waals surface area contributed by atoms with Crippen molar-refractivity contribution in [3.05, 3.63) is 57.8 Å². The Morgan fingerprint density at radius 2 is 1.86 bits per heavy atom. The van der Waals surface area contributed by atoms with Crippen LogP contribution in [0.15, 0.2) is 36.4 Å². The van der Waals surface area contributed by atoms with E-state index in [1.54, 1.807) is 30.3 Å². The molecule has 0 fully saturated rings. The fourth-order valence-electron chi connectivity index (χ4n) is 1.75. The maximum absolute atomic E-state index is 13.5. The molecule has 3 nitrogen and oxygen atoms in total. The molecule has 0 radical (unpaired) electrons. The minimum Gasteiger partial charge on any atom is -0.374 e. The van der Waals surface area contributed by atoms with Crippen LogP contribution in [0.5, 0.6) is 0 Å². The lowest BCUT2D eigenvalue weighted by Gasteiger charge is -2.11. The van der Waals surface area contributed by atoms with Crippen molar-refractivity contribution in [2.75, 3.05) is 17.2 Å². The van der Waals surface area contributed by atoms with E-state index < -0.39 is 5.82 Å². The number of aryl methyl sites for hydroxylation is 1. The number of benzene rings is 2. The molecule has 0 saturated carbocycles. The van der Waals surface area contributed by atoms with Crippen LogP contribution in [0, 0.1) is 12.7 Å². The van der Waals surface area contributed by atoms with Crippen LogP contribution >= 0.6 is 23.2 Å². The van der Waals surface area contributed by atoms with Crippen molar-refractivity contribution >= 4 is 40.5 Å². The molecule has 2 aromatic rings. The van der Waals surface area contributed by atoms with Gasteiger partial charge in [0, 0.05) is 0 Å². The van der Waals surface area contributed by atoms with Gasteiger partial charge in [-0.2, -0.15) is 0 Å². The largest absolute Gasteiger partial charge is 0.374 e. The summed E-state index contributed by atoms with van der Waals surface area (Å²) in [7, 11) is 0. The van der Waals surface area contributed by atoms with Gasteiger partial charge < -0.3 is 10.6 Å². The number of amides is 1. The monoisotopic (exact) mass is 326 g/mol. The number of halogens is 3. The molecule has 0 aliphatic heterocycles. The summed E-state index contributed by atoms with van der Waals surface area (Å²) in [5, 5.41) is 6.02. The third-order valence-corrected chi connectivity index (χ3v) is 3.42. The average Bonchev–Trinajstić information content (AvgIpc) is 2.44. The van der Waals surface area contributed by atoms with Crippen molar-refractivity contribution in [1.82, 2.24) is 0 Å². The second-order valence-corrected chi connectivity index (χ2v) is 5.30. The number of hydrogen-bond acceptors (Lipinski definition) is 2. The first kappa shape index (κ1) is 15.6. The van der Waals surface area contributed by atoms with Gasteiger partial charge in [-0.25, -0.2) is 4.39 Å². The molecule has 0 saturated heterocycles. The molecule has 21 heavy (non-hydrogen) atoms. The second-order valence-electron chi connectivity index (χ2n) is 4.48. The molecule has 2 aromatic carbocycles. The third kappa shape index (κ3) is 4.09. The predicted octanol–water partition coefficient (Wildman–Crippen LogP) is 4.49. The van der Waals surface area contributed by atoms with Crippen molar-refractivity contribution in [3.8, 4) is 0 Å². The van der Waals surface area contributed by atoms with E-state index in [2.05, 4.69) is 10.6 Å². The SMILES string of the molecule is Cc1ccc(F)c(NCC(=O)Nc2c(Cl)cccc2Cl)c1. The number of anilines is 2. The van der Waals surface area contributed by atoms with Crippen LogP contribution in [0.4, 0.5) is 15.8 Å². The lowest BCUT2D eigenvalue weighted by Crippen LogP contribution is -2.22. The Balaban J connectivity index is 2.01. The van der Waals surface area contributed by atoms with E-state index in [-0.39, 0.29) is 18.1 Å². The molecule has 2 N–H and O–H groups in total. The molecular formula is C15H13Cl2FN2O. The van der Waals surface area contributed by atoms with Gasteiger partial charge in [0.2, 0.25) is 5.91 Å². The normalized spacial score (nSPS) is 10.3. The Kier molecular flexibility index (Phi) is 5.04. The van der Waals surface area contributed by atoms with Gasteiger partial charge >= 0.3 is 0 Å². The molecule has 1 amide bonds. The van der Waals surface area contributed by atoms with E-state index in [4.69, 9.17) is 23.2 Å². The first-order valence-electron chi connectivity index (χ1n) is 6.21. The number of hydrogen-bond donors (Lipinski definition) is 2. The van der Waals surface area contributed by atoms with E-state index in [0.717, 1.165) is 5.56 Å². The van der Waals surface area contributed by atoms with E-state index in [1.165, 1.54) is 6.07 Å². The minimum atomic E-state index is -0.413. The van der Waals surface area contributed by atoms with Crippen LogP contribution in [0.25, 0.3) is 0 Å². The highest BCUT2D eigenvalue weighted by Gasteiger charge is 2.10. The Morgan fingerprint density at radius 3 is 2.52 bits per heavy atom. The molecule has 0 unspecified atom stereocenters. The first-order valence-corrected chi connectivity index (χ1v) is 6.97. The zero-order valence-corrected chi connectivity index (χ0v) is 12.7. The highest BCUT2D eigenvalue weighted by atomic mass is 35.5. The van der Waals surface area contributed by atoms with Crippen LogP contribution in [0.2, 0.25) is 10.0 Å². The summed E-state index contributed by atoms with van der Waals surface area (Å²) >= 11 is 11.9. The maximum atomic E-state index is 13.5. The molecule has 0 aromatic heterocycles. The van der Waals surface area contributed by atoms with E-state index in [0.29, 0.717) is 15.7 Å². The van der Waals surface area contributed by atoms with E-state index in [9.17, 15) is 9.18 Å². The molecule has 0 bridgehead atoms. The highest BCUT2D eigenvalue weighted by molar-refractivity contribution is 6.39. The maximum Gasteiger partial charge on any atom is 0.243 e. The van der Waals surface area contributed by atoms with Gasteiger partial charge in [-0.05, 0) is 36.8 Å². The molecule has 0 aliphatic carbocycles. The zero-order valence-electron chi connectivity index (χ0n) is 11.2. The highest BCUT2D eigenvalue weighted by Crippen LogP contribution is 2.29. The van der Waals surface area contributed by atoms with Crippen LogP contribution < -0.4 is 10.6 Å². The predicted molar refractivity (Wildman–Crippen MR) is 84.7 cm³/mol. The summed E-state index contributed by atoms with van der Waals surface area (Å²) in [5.74, 6) is -0.782. The van der Waals surface area contributed by atoms with E-state index in [1.807, 2.05) is 6.92 Å². The lowest BCUT2D eigenvalue weighted by molar-refractivity contribution is -0.114. The summed E-state index contributed by atoms with van der Waals surface area (Å²) in [6, 6.07) is 9.56. The first-order chi connectivity index (χ1) is 9.97. The van der Waals surface area contributed by atoms with Crippen molar-refractivity contribution in [2.24, 2.45) is 0 Å². The number of carbonyl (C=O) groups is 1. The summed E-state index contributed by atoms with van der Waals surface area (Å²) in [6.07, 6.45) is 0. The smallest absolute Gasteiger partial charge is 0.243 e. The summed E-state index contributed by atoms with van der Waals surface area (Å²) in [6.45, 7) is 1.75. The van der Waals surface area contributed by atoms with Gasteiger partial charge in [-0.3, -0.25) is 4.79 Å². The Morgan fingerprint density at radius 1 is 1.19 bits per heavy atom. The van der Waals surface area contributed by atoms with Gasteiger partial charge in [0.15, 0.2) is 0 Å². The van der Waals surface area contributed by atoms with Gasteiger partial charge in [0.05, 0.1) is 28.0 Å². The molecule has 0 atom stereocenters. The molecule has 110 valence electrons. The van der Waals surface area contributed by atoms with Crippen LogP contribution in [-0.4, -0.2) is 12.5 Å². The van der Waals surface area contributed by atoms with Crippen molar-refractivity contribution in [1.29, 1.82) is 0 Å². The van der Waals surface area contributed by atoms with Gasteiger partial charge in [-0.1, -0.05) is 35.3 Å². The van der Waals surface area contributed by atoms with Crippen molar-refractivity contribution in [3.63, 3.8) is 0 Å². The van der Waals surface area contributed by atoms with Crippen LogP contribution in [-0.2, 0) is 4.79 Å². The van der Waals surface area contributed by atoms with Crippen molar-refractivity contribution in [2.45, 2.75) is 6.92 Å². The minimum absolute atomic E-state index is 0.0953. The quantitative estimate of drug-likeness (QED) is 0.869. The summed E-state index contributed by atoms with van der Waals surface area (Å²) < 4.78 is 13.5. The Labute approximate surface area is 132 Å². The molecule has 0 heterocycles. The number of para-hydroxylation sites is 1. The third-order valence-electron chi connectivity index (χ3n) is 2.79. The molecule has 6 heteroatoms. The summed E-state index contributed by atoms with van der Waals surface area (Å²) in [5.41, 5.74) is 1.52. The van der Waals surface area contributed by atoms with Crippen LogP contribution in [0.1, 0.15) is 5.56 Å². The Bertz CT molecular complexity index is 656.